The number of anilines is 1. The molecule has 7 nitrogen and oxygen atoms in total. The number of benzene rings is 2. The van der Waals surface area contributed by atoms with E-state index in [0.29, 0.717) is 23.6 Å². The molecule has 0 bridgehead atoms. The maximum absolute atomic E-state index is 12.9. The van der Waals surface area contributed by atoms with Crippen LogP contribution < -0.4 is 15.4 Å². The zero-order valence-electron chi connectivity index (χ0n) is 16.1. The second kappa shape index (κ2) is 7.72. The molecule has 7 heteroatoms. The van der Waals surface area contributed by atoms with Crippen molar-refractivity contribution in [2.75, 3.05) is 18.5 Å². The van der Waals surface area contributed by atoms with Crippen molar-refractivity contribution in [3.8, 4) is 5.75 Å². The first-order valence-corrected chi connectivity index (χ1v) is 9.07. The molecule has 0 spiro atoms. The summed E-state index contributed by atoms with van der Waals surface area (Å²) in [6.45, 7) is 5.66. The predicted molar refractivity (Wildman–Crippen MR) is 105 cm³/mol. The van der Waals surface area contributed by atoms with E-state index in [1.54, 1.807) is 43.3 Å². The summed E-state index contributed by atoms with van der Waals surface area (Å²) in [7, 11) is 0. The minimum absolute atomic E-state index is 0.362. The van der Waals surface area contributed by atoms with Crippen molar-refractivity contribution >= 4 is 23.5 Å². The molecule has 1 atom stereocenters. The fraction of sp³-hybridized carbons (Fsp3) is 0.286. The highest BCUT2D eigenvalue weighted by atomic mass is 16.5. The van der Waals surface area contributed by atoms with Crippen LogP contribution in [0.2, 0.25) is 0 Å². The fourth-order valence-corrected chi connectivity index (χ4v) is 3.07. The minimum atomic E-state index is -1.19. The van der Waals surface area contributed by atoms with Gasteiger partial charge < -0.3 is 15.4 Å². The van der Waals surface area contributed by atoms with Gasteiger partial charge in [-0.05, 0) is 50.6 Å². The van der Waals surface area contributed by atoms with Crippen LogP contribution in [-0.4, -0.2) is 35.9 Å². The molecular formula is C21H23N3O4. The van der Waals surface area contributed by atoms with E-state index in [1.165, 1.54) is 0 Å². The lowest BCUT2D eigenvalue weighted by Crippen LogP contribution is -2.42. The smallest absolute Gasteiger partial charge is 0.325 e. The van der Waals surface area contributed by atoms with Gasteiger partial charge in [0.25, 0.3) is 5.91 Å². The number of ether oxygens (including phenoxy) is 1. The first kappa shape index (κ1) is 19.4. The molecule has 3 rings (SSSR count). The standard InChI is InChI=1S/C21H23N3O4/c1-4-28-17-11-9-16(10-12-17)22-18(25)13-24-19(26)21(3,23-20(24)27)15-7-5-14(2)6-8-15/h5-12H,4,13H2,1-3H3,(H,22,25)(H,23,27). The van der Waals surface area contributed by atoms with Crippen LogP contribution >= 0.6 is 0 Å². The van der Waals surface area contributed by atoms with Crippen LogP contribution in [0.5, 0.6) is 5.75 Å². The van der Waals surface area contributed by atoms with E-state index in [2.05, 4.69) is 10.6 Å². The van der Waals surface area contributed by atoms with Gasteiger partial charge in [-0.3, -0.25) is 14.5 Å². The zero-order chi connectivity index (χ0) is 20.3. The highest BCUT2D eigenvalue weighted by molar-refractivity contribution is 6.10. The number of nitrogens with one attached hydrogen (secondary N) is 2. The van der Waals surface area contributed by atoms with Gasteiger partial charge in [0.2, 0.25) is 5.91 Å². The number of hydrogen-bond donors (Lipinski definition) is 2. The lowest BCUT2D eigenvalue weighted by Gasteiger charge is -2.22. The quantitative estimate of drug-likeness (QED) is 0.753. The number of rotatable bonds is 6. The van der Waals surface area contributed by atoms with E-state index in [9.17, 15) is 14.4 Å². The SMILES string of the molecule is CCOc1ccc(NC(=O)CN2C(=O)NC(C)(c3ccc(C)cc3)C2=O)cc1. The van der Waals surface area contributed by atoms with E-state index in [4.69, 9.17) is 4.74 Å². The topological polar surface area (TPSA) is 87.7 Å². The molecule has 0 saturated carbocycles. The van der Waals surface area contributed by atoms with Crippen molar-refractivity contribution in [2.24, 2.45) is 0 Å². The number of nitrogens with zero attached hydrogens (tertiary/aromatic N) is 1. The van der Waals surface area contributed by atoms with E-state index in [0.717, 1.165) is 10.5 Å². The average molecular weight is 381 g/mol. The molecule has 0 aromatic heterocycles. The van der Waals surface area contributed by atoms with Gasteiger partial charge in [-0.15, -0.1) is 0 Å². The highest BCUT2D eigenvalue weighted by Gasteiger charge is 2.49. The lowest BCUT2D eigenvalue weighted by atomic mass is 9.91. The van der Waals surface area contributed by atoms with Crippen LogP contribution in [0, 0.1) is 6.92 Å². The van der Waals surface area contributed by atoms with Gasteiger partial charge in [0.15, 0.2) is 0 Å². The number of urea groups is 1. The lowest BCUT2D eigenvalue weighted by molar-refractivity contribution is -0.133. The van der Waals surface area contributed by atoms with Crippen molar-refractivity contribution in [3.63, 3.8) is 0 Å². The molecule has 1 fully saturated rings. The van der Waals surface area contributed by atoms with E-state index in [1.807, 2.05) is 26.0 Å². The molecule has 4 amide bonds. The fourth-order valence-electron chi connectivity index (χ4n) is 3.07. The number of carbonyl (C=O) groups excluding carboxylic acids is 3. The van der Waals surface area contributed by atoms with Crippen molar-refractivity contribution in [2.45, 2.75) is 26.3 Å². The van der Waals surface area contributed by atoms with Gasteiger partial charge in [-0.2, -0.15) is 0 Å². The summed E-state index contributed by atoms with van der Waals surface area (Å²) in [6.07, 6.45) is 0. The van der Waals surface area contributed by atoms with Crippen LogP contribution in [0.3, 0.4) is 0 Å². The number of carbonyl (C=O) groups is 3. The summed E-state index contributed by atoms with van der Waals surface area (Å²) in [6, 6.07) is 13.6. The molecule has 0 radical (unpaired) electrons. The molecule has 146 valence electrons. The van der Waals surface area contributed by atoms with Crippen LogP contribution in [0.4, 0.5) is 10.5 Å². The minimum Gasteiger partial charge on any atom is -0.494 e. The second-order valence-electron chi connectivity index (χ2n) is 6.82. The molecule has 2 N–H and O–H groups in total. The summed E-state index contributed by atoms with van der Waals surface area (Å²) >= 11 is 0. The maximum Gasteiger partial charge on any atom is 0.325 e. The second-order valence-corrected chi connectivity index (χ2v) is 6.82. The van der Waals surface area contributed by atoms with Crippen LogP contribution in [0.15, 0.2) is 48.5 Å². The van der Waals surface area contributed by atoms with Crippen molar-refractivity contribution < 1.29 is 19.1 Å². The predicted octanol–water partition coefficient (Wildman–Crippen LogP) is 2.80. The summed E-state index contributed by atoms with van der Waals surface area (Å²) < 4.78 is 5.36. The maximum atomic E-state index is 12.9. The Morgan fingerprint density at radius 1 is 1.11 bits per heavy atom. The van der Waals surface area contributed by atoms with Crippen molar-refractivity contribution in [1.29, 1.82) is 0 Å². The molecular weight excluding hydrogens is 358 g/mol. The van der Waals surface area contributed by atoms with Gasteiger partial charge >= 0.3 is 6.03 Å². The Morgan fingerprint density at radius 2 is 1.75 bits per heavy atom. The highest BCUT2D eigenvalue weighted by Crippen LogP contribution is 2.29. The van der Waals surface area contributed by atoms with Gasteiger partial charge in [0.05, 0.1) is 6.61 Å². The number of aryl methyl sites for hydroxylation is 1. The van der Waals surface area contributed by atoms with Crippen LogP contribution in [0.25, 0.3) is 0 Å². The van der Waals surface area contributed by atoms with E-state index in [-0.39, 0.29) is 6.54 Å². The Labute approximate surface area is 163 Å². The van der Waals surface area contributed by atoms with Crippen molar-refractivity contribution in [1.82, 2.24) is 10.2 Å². The third-order valence-electron chi connectivity index (χ3n) is 4.65. The molecule has 28 heavy (non-hydrogen) atoms. The molecule has 1 saturated heterocycles. The summed E-state index contributed by atoms with van der Waals surface area (Å²) in [5.41, 5.74) is 1.09. The van der Waals surface area contributed by atoms with Gasteiger partial charge in [-0.25, -0.2) is 4.79 Å². The molecule has 1 aliphatic heterocycles. The molecule has 1 unspecified atom stereocenters. The number of amides is 4. The van der Waals surface area contributed by atoms with Gasteiger partial charge in [0, 0.05) is 5.69 Å². The average Bonchev–Trinajstić information content (AvgIpc) is 2.88. The van der Waals surface area contributed by atoms with Crippen LogP contribution in [0.1, 0.15) is 25.0 Å². The molecule has 1 heterocycles. The Kier molecular flexibility index (Phi) is 5.35. The summed E-state index contributed by atoms with van der Waals surface area (Å²) in [5, 5.41) is 5.38. The third kappa shape index (κ3) is 3.83. The largest absolute Gasteiger partial charge is 0.494 e. The summed E-state index contributed by atoms with van der Waals surface area (Å²) in [5.74, 6) is -0.215. The first-order valence-electron chi connectivity index (χ1n) is 9.07. The number of imide groups is 1. The molecule has 0 aliphatic carbocycles. The Balaban J connectivity index is 1.68. The number of hydrogen-bond acceptors (Lipinski definition) is 4. The normalized spacial score (nSPS) is 18.8. The Bertz CT molecular complexity index is 893. The van der Waals surface area contributed by atoms with Crippen molar-refractivity contribution in [3.05, 3.63) is 59.7 Å². The third-order valence-corrected chi connectivity index (χ3v) is 4.65. The Hall–Kier alpha value is -3.35. The monoisotopic (exact) mass is 381 g/mol. The van der Waals surface area contributed by atoms with Gasteiger partial charge in [-0.1, -0.05) is 29.8 Å². The summed E-state index contributed by atoms with van der Waals surface area (Å²) in [4.78, 5) is 38.5. The molecule has 2 aromatic rings. The zero-order valence-corrected chi connectivity index (χ0v) is 16.1. The van der Waals surface area contributed by atoms with E-state index >= 15 is 0 Å². The van der Waals surface area contributed by atoms with Crippen LogP contribution in [-0.2, 0) is 15.1 Å². The van der Waals surface area contributed by atoms with E-state index < -0.39 is 23.4 Å². The molecule has 1 aliphatic rings. The molecule has 2 aromatic carbocycles. The first-order chi connectivity index (χ1) is 13.3. The van der Waals surface area contributed by atoms with Gasteiger partial charge in [0.1, 0.15) is 17.8 Å². The Morgan fingerprint density at radius 3 is 2.36 bits per heavy atom.